The van der Waals surface area contributed by atoms with Gasteiger partial charge in [-0.15, -0.1) is 4.91 Å². The second kappa shape index (κ2) is 13.4. The van der Waals surface area contributed by atoms with E-state index in [9.17, 15) is 23.5 Å². The molecule has 6 unspecified atom stereocenters. The van der Waals surface area contributed by atoms with Gasteiger partial charge < -0.3 is 24.4 Å². The molecule has 0 saturated carbocycles. The van der Waals surface area contributed by atoms with Gasteiger partial charge >= 0.3 is 0 Å². The number of nitroso groups, excluding NO2 is 1. The molecule has 12 heteroatoms. The fourth-order valence-corrected chi connectivity index (χ4v) is 6.59. The Morgan fingerprint density at radius 1 is 1.08 bits per heavy atom. The van der Waals surface area contributed by atoms with Gasteiger partial charge in [0.1, 0.15) is 5.69 Å². The van der Waals surface area contributed by atoms with Crippen LogP contribution < -0.4 is 5.32 Å². The van der Waals surface area contributed by atoms with E-state index in [0.29, 0.717) is 19.6 Å². The number of hydrogen-bond acceptors (Lipinski definition) is 10. The number of fused-ring (bicyclic) bond motifs is 1. The first-order valence-corrected chi connectivity index (χ1v) is 14.6. The van der Waals surface area contributed by atoms with Gasteiger partial charge in [-0.2, -0.15) is 4.31 Å². The molecule has 0 aromatic heterocycles. The van der Waals surface area contributed by atoms with E-state index in [1.54, 1.807) is 0 Å². The van der Waals surface area contributed by atoms with Gasteiger partial charge in [-0.3, -0.25) is 5.32 Å². The Bertz CT molecular complexity index is 1170. The molecule has 4 rings (SSSR count). The van der Waals surface area contributed by atoms with Crippen molar-refractivity contribution >= 4 is 15.7 Å². The third-order valence-electron chi connectivity index (χ3n) is 6.95. The molecule has 0 aliphatic carbocycles. The lowest BCUT2D eigenvalue weighted by molar-refractivity contribution is -0.170. The highest BCUT2D eigenvalue weighted by atomic mass is 32.2. The Morgan fingerprint density at radius 2 is 1.79 bits per heavy atom. The molecule has 2 saturated heterocycles. The van der Waals surface area contributed by atoms with Crippen molar-refractivity contribution in [3.8, 4) is 0 Å². The molecule has 2 fully saturated rings. The van der Waals surface area contributed by atoms with E-state index in [2.05, 4.69) is 10.5 Å². The summed E-state index contributed by atoms with van der Waals surface area (Å²) in [6, 6.07) is 14.0. The van der Waals surface area contributed by atoms with Gasteiger partial charge in [0.2, 0.25) is 16.4 Å². The number of nitrogens with one attached hydrogen (secondary N) is 1. The predicted octanol–water partition coefficient (Wildman–Crippen LogP) is 2.35. The minimum atomic E-state index is -4.00. The van der Waals surface area contributed by atoms with Gasteiger partial charge in [0.15, 0.2) is 6.29 Å². The summed E-state index contributed by atoms with van der Waals surface area (Å²) in [7, 11) is -4.00. The summed E-state index contributed by atoms with van der Waals surface area (Å²) in [5, 5.41) is 27.9. The molecule has 39 heavy (non-hydrogen) atoms. The van der Waals surface area contributed by atoms with Crippen molar-refractivity contribution in [2.24, 2.45) is 17.0 Å². The van der Waals surface area contributed by atoms with E-state index in [1.165, 1.54) is 28.6 Å². The average Bonchev–Trinajstić information content (AvgIpc) is 3.53. The zero-order chi connectivity index (χ0) is 28.0. The number of nitrogens with zero attached hydrogens (tertiary/aromatic N) is 2. The van der Waals surface area contributed by atoms with Crippen LogP contribution >= 0.6 is 0 Å². The summed E-state index contributed by atoms with van der Waals surface area (Å²) in [6.45, 7) is 4.56. The standard InChI is InChI=1S/C27H37N3O8S/c1-18(2)15-30(39(34,35)21-10-8-20(29-33)9-11-21)16-24(31)23(14-19-6-4-3-5-7-19)28-27(32)38-25-17-37-26-22(25)12-13-36-26/h3-11,18,22-28,31-32H,12-17H2,1-2H3. The van der Waals surface area contributed by atoms with Crippen molar-refractivity contribution < 1.29 is 32.8 Å². The Kier molecular flexibility index (Phi) is 10.2. The third kappa shape index (κ3) is 7.68. The minimum Gasteiger partial charge on any atom is -0.390 e. The number of benzene rings is 2. The van der Waals surface area contributed by atoms with Crippen LogP contribution in [-0.2, 0) is 30.7 Å². The van der Waals surface area contributed by atoms with Gasteiger partial charge in [0.25, 0.3) is 0 Å². The van der Waals surface area contributed by atoms with Crippen LogP contribution in [0.15, 0.2) is 64.7 Å². The van der Waals surface area contributed by atoms with E-state index in [4.69, 9.17) is 14.2 Å². The SMILES string of the molecule is CC(C)CN(CC(O)C(Cc1ccccc1)NC(O)OC1COC2OCCC12)S(=O)(=O)c1ccc(N=O)cc1. The van der Waals surface area contributed by atoms with Crippen LogP contribution in [0.3, 0.4) is 0 Å². The van der Waals surface area contributed by atoms with Crippen molar-refractivity contribution in [1.29, 1.82) is 0 Å². The second-order valence-corrected chi connectivity index (χ2v) is 12.3. The molecule has 6 atom stereocenters. The number of hydrogen-bond donors (Lipinski definition) is 3. The Morgan fingerprint density at radius 3 is 2.46 bits per heavy atom. The zero-order valence-electron chi connectivity index (χ0n) is 22.1. The smallest absolute Gasteiger partial charge is 0.243 e. The van der Waals surface area contributed by atoms with Crippen molar-refractivity contribution in [3.05, 3.63) is 65.1 Å². The summed E-state index contributed by atoms with van der Waals surface area (Å²) >= 11 is 0. The largest absolute Gasteiger partial charge is 0.390 e. The number of aliphatic hydroxyl groups is 2. The fraction of sp³-hybridized carbons (Fsp3) is 0.556. The molecular formula is C27H37N3O8S. The average molecular weight is 564 g/mol. The lowest BCUT2D eigenvalue weighted by Crippen LogP contribution is -2.53. The van der Waals surface area contributed by atoms with Crippen LogP contribution in [0.5, 0.6) is 0 Å². The maximum atomic E-state index is 13.5. The second-order valence-electron chi connectivity index (χ2n) is 10.4. The van der Waals surface area contributed by atoms with Gasteiger partial charge in [-0.05, 0) is 53.8 Å². The van der Waals surface area contributed by atoms with Gasteiger partial charge in [0, 0.05) is 25.0 Å². The van der Waals surface area contributed by atoms with Crippen molar-refractivity contribution in [2.75, 3.05) is 26.3 Å². The van der Waals surface area contributed by atoms with Crippen LogP contribution in [0.1, 0.15) is 25.8 Å². The lowest BCUT2D eigenvalue weighted by Gasteiger charge is -2.32. The van der Waals surface area contributed by atoms with Crippen molar-refractivity contribution in [3.63, 3.8) is 0 Å². The Hall–Kier alpha value is -2.29. The maximum Gasteiger partial charge on any atom is 0.243 e. The molecule has 3 N–H and O–H groups in total. The van der Waals surface area contributed by atoms with Crippen molar-refractivity contribution in [1.82, 2.24) is 9.62 Å². The number of sulfonamides is 1. The van der Waals surface area contributed by atoms with E-state index in [-0.39, 0.29) is 47.9 Å². The van der Waals surface area contributed by atoms with Crippen LogP contribution in [0.2, 0.25) is 0 Å². The van der Waals surface area contributed by atoms with Gasteiger partial charge in [-0.25, -0.2) is 8.42 Å². The van der Waals surface area contributed by atoms with E-state index < -0.39 is 28.6 Å². The van der Waals surface area contributed by atoms with Gasteiger partial charge in [-0.1, -0.05) is 44.2 Å². The maximum absolute atomic E-state index is 13.5. The monoisotopic (exact) mass is 563 g/mol. The lowest BCUT2D eigenvalue weighted by atomic mass is 10.0. The number of ether oxygens (including phenoxy) is 3. The molecule has 2 aromatic rings. The van der Waals surface area contributed by atoms with E-state index >= 15 is 0 Å². The molecule has 0 amide bonds. The summed E-state index contributed by atoms with van der Waals surface area (Å²) in [4.78, 5) is 10.8. The molecule has 2 aromatic carbocycles. The van der Waals surface area contributed by atoms with Crippen molar-refractivity contribution in [2.45, 2.75) is 62.5 Å². The predicted molar refractivity (Wildman–Crippen MR) is 143 cm³/mol. The normalized spacial score (nSPS) is 23.6. The summed E-state index contributed by atoms with van der Waals surface area (Å²) in [5.41, 5.74) is 1.01. The summed E-state index contributed by atoms with van der Waals surface area (Å²) in [5.74, 6) is -0.00675. The fourth-order valence-electron chi connectivity index (χ4n) is 4.97. The Balaban J connectivity index is 1.51. The molecule has 0 radical (unpaired) electrons. The minimum absolute atomic E-state index is 0.00624. The summed E-state index contributed by atoms with van der Waals surface area (Å²) < 4.78 is 45.2. The van der Waals surface area contributed by atoms with Crippen LogP contribution in [0.4, 0.5) is 5.69 Å². The number of rotatable bonds is 14. The molecule has 0 spiro atoms. The topological polar surface area (TPSA) is 147 Å². The first-order chi connectivity index (χ1) is 18.7. The molecular weight excluding hydrogens is 526 g/mol. The third-order valence-corrected chi connectivity index (χ3v) is 8.79. The quantitative estimate of drug-likeness (QED) is 0.233. The van der Waals surface area contributed by atoms with Gasteiger partial charge in [0.05, 0.1) is 30.3 Å². The zero-order valence-corrected chi connectivity index (χ0v) is 22.9. The summed E-state index contributed by atoms with van der Waals surface area (Å²) in [6.07, 6.45) is -2.23. The molecule has 2 aliphatic heterocycles. The molecule has 2 heterocycles. The molecule has 0 bridgehead atoms. The number of aliphatic hydroxyl groups excluding tert-OH is 2. The molecule has 11 nitrogen and oxygen atoms in total. The molecule has 2 aliphatic rings. The van der Waals surface area contributed by atoms with Crippen LogP contribution in [0, 0.1) is 16.7 Å². The van der Waals surface area contributed by atoms with Crippen LogP contribution in [0.25, 0.3) is 0 Å². The highest BCUT2D eigenvalue weighted by Crippen LogP contribution is 2.33. The van der Waals surface area contributed by atoms with Crippen LogP contribution in [-0.4, -0.2) is 80.2 Å². The Labute approximate surface area is 229 Å². The first kappa shape index (κ1) is 29.7. The highest BCUT2D eigenvalue weighted by Gasteiger charge is 2.43. The molecule has 214 valence electrons. The highest BCUT2D eigenvalue weighted by molar-refractivity contribution is 7.89. The van der Waals surface area contributed by atoms with E-state index in [1.807, 2.05) is 44.2 Å². The first-order valence-electron chi connectivity index (χ1n) is 13.2. The van der Waals surface area contributed by atoms with E-state index in [0.717, 1.165) is 12.0 Å².